The van der Waals surface area contributed by atoms with Gasteiger partial charge < -0.3 is 10.3 Å². The van der Waals surface area contributed by atoms with Gasteiger partial charge in [-0.3, -0.25) is 5.01 Å². The number of nitrogens with one attached hydrogen (secondary N) is 1. The summed E-state index contributed by atoms with van der Waals surface area (Å²) in [5.74, 6) is -0.350. The van der Waals surface area contributed by atoms with Crippen molar-refractivity contribution in [1.82, 2.24) is 15.5 Å². The van der Waals surface area contributed by atoms with Gasteiger partial charge in [-0.1, -0.05) is 23.7 Å². The predicted octanol–water partition coefficient (Wildman–Crippen LogP) is 2.57. The van der Waals surface area contributed by atoms with Crippen LogP contribution in [-0.2, 0) is 16.2 Å². The van der Waals surface area contributed by atoms with E-state index in [2.05, 4.69) is 5.43 Å². The number of fused-ring (bicyclic) bond motifs is 1. The maximum atomic E-state index is 12.0. The first-order chi connectivity index (χ1) is 10.0. The number of hydrazine groups is 1. The summed E-state index contributed by atoms with van der Waals surface area (Å²) < 4.78 is 0. The Labute approximate surface area is 128 Å². The second-order valence-electron chi connectivity index (χ2n) is 5.25. The van der Waals surface area contributed by atoms with Gasteiger partial charge in [-0.2, -0.15) is 0 Å². The van der Waals surface area contributed by atoms with Crippen molar-refractivity contribution in [3.05, 3.63) is 58.5 Å². The van der Waals surface area contributed by atoms with Crippen LogP contribution in [0.5, 0.6) is 0 Å². The molecule has 0 saturated heterocycles. The molecule has 1 N–H and O–H groups in total. The molecule has 5 nitrogen and oxygen atoms in total. The molecular formula is C15H16ClN3O2. The molecule has 0 atom stereocenters. The van der Waals surface area contributed by atoms with Gasteiger partial charge in [0, 0.05) is 17.3 Å². The molecule has 0 fully saturated rings. The van der Waals surface area contributed by atoms with E-state index in [1.807, 2.05) is 49.3 Å². The highest BCUT2D eigenvalue weighted by atomic mass is 35.5. The van der Waals surface area contributed by atoms with E-state index in [0.29, 0.717) is 17.1 Å². The Bertz CT molecular complexity index is 622. The summed E-state index contributed by atoms with van der Waals surface area (Å²) in [6.07, 6.45) is 3.51. The molecule has 0 aromatic heterocycles. The maximum absolute atomic E-state index is 12.0. The molecule has 2 aliphatic rings. The van der Waals surface area contributed by atoms with Crippen molar-refractivity contribution in [3.63, 3.8) is 0 Å². The molecule has 0 aliphatic carbocycles. The van der Waals surface area contributed by atoms with Crippen molar-refractivity contribution in [3.8, 4) is 0 Å². The van der Waals surface area contributed by atoms with Crippen molar-refractivity contribution >= 4 is 17.6 Å². The summed E-state index contributed by atoms with van der Waals surface area (Å²) >= 11 is 5.87. The lowest BCUT2D eigenvalue weighted by atomic mass is 10.2. The molecule has 0 unspecified atom stereocenters. The normalized spacial score (nSPS) is 17.2. The summed E-state index contributed by atoms with van der Waals surface area (Å²) in [6.45, 7) is 4.58. The monoisotopic (exact) mass is 305 g/mol. The Morgan fingerprint density at radius 2 is 2.00 bits per heavy atom. The van der Waals surface area contributed by atoms with Gasteiger partial charge in [0.1, 0.15) is 5.57 Å². The van der Waals surface area contributed by atoms with Crippen LogP contribution in [0.25, 0.3) is 0 Å². The van der Waals surface area contributed by atoms with Gasteiger partial charge in [-0.15, -0.1) is 0 Å². The fourth-order valence-electron chi connectivity index (χ4n) is 2.30. The number of rotatable bonds is 3. The third kappa shape index (κ3) is 2.69. The molecule has 3 rings (SSSR count). The Balaban J connectivity index is 1.82. The summed E-state index contributed by atoms with van der Waals surface area (Å²) in [7, 11) is 0. The van der Waals surface area contributed by atoms with Crippen LogP contribution in [0.2, 0.25) is 5.02 Å². The Morgan fingerprint density at radius 1 is 1.29 bits per heavy atom. The number of benzene rings is 1. The zero-order valence-corrected chi connectivity index (χ0v) is 12.6. The molecule has 110 valence electrons. The van der Waals surface area contributed by atoms with E-state index in [9.17, 15) is 4.79 Å². The zero-order chi connectivity index (χ0) is 15.0. The van der Waals surface area contributed by atoms with E-state index in [1.165, 1.54) is 0 Å². The lowest BCUT2D eigenvalue weighted by molar-refractivity contribution is -0.177. The van der Waals surface area contributed by atoms with E-state index < -0.39 is 0 Å². The van der Waals surface area contributed by atoms with Crippen molar-refractivity contribution in [2.24, 2.45) is 0 Å². The van der Waals surface area contributed by atoms with Crippen LogP contribution in [0.1, 0.15) is 19.4 Å². The van der Waals surface area contributed by atoms with Crippen LogP contribution in [0, 0.1) is 0 Å². The second kappa shape index (κ2) is 5.33. The highest BCUT2D eigenvalue weighted by Crippen LogP contribution is 2.28. The van der Waals surface area contributed by atoms with Gasteiger partial charge in [-0.25, -0.2) is 9.86 Å². The van der Waals surface area contributed by atoms with Crippen LogP contribution in [0.3, 0.4) is 0 Å². The molecule has 0 saturated carbocycles. The fraction of sp³-hybridized carbons (Fsp3) is 0.267. The number of hydrogen-bond donors (Lipinski definition) is 1. The van der Waals surface area contributed by atoms with Crippen LogP contribution in [0.4, 0.5) is 0 Å². The molecule has 0 amide bonds. The van der Waals surface area contributed by atoms with E-state index >= 15 is 0 Å². The van der Waals surface area contributed by atoms with E-state index in [1.54, 1.807) is 11.3 Å². The van der Waals surface area contributed by atoms with Crippen molar-refractivity contribution < 1.29 is 9.63 Å². The molecule has 0 spiro atoms. The van der Waals surface area contributed by atoms with Crippen LogP contribution in [0.15, 0.2) is 47.9 Å². The van der Waals surface area contributed by atoms with Gasteiger partial charge >= 0.3 is 5.97 Å². The van der Waals surface area contributed by atoms with E-state index in [0.717, 1.165) is 11.3 Å². The first kappa shape index (κ1) is 13.8. The lowest BCUT2D eigenvalue weighted by Gasteiger charge is -2.30. The molecule has 0 radical (unpaired) electrons. The van der Waals surface area contributed by atoms with Crippen molar-refractivity contribution in [1.29, 1.82) is 0 Å². The minimum absolute atomic E-state index is 0.230. The fourth-order valence-corrected chi connectivity index (χ4v) is 2.42. The number of carbonyl (C=O) groups excluding carboxylic acids is 1. The van der Waals surface area contributed by atoms with Gasteiger partial charge in [0.25, 0.3) is 0 Å². The molecule has 6 heteroatoms. The third-order valence-electron chi connectivity index (χ3n) is 3.34. The number of hydrogen-bond acceptors (Lipinski definition) is 5. The zero-order valence-electron chi connectivity index (χ0n) is 11.8. The summed E-state index contributed by atoms with van der Waals surface area (Å²) in [4.78, 5) is 17.4. The number of halogens is 1. The van der Waals surface area contributed by atoms with E-state index in [-0.39, 0.29) is 12.0 Å². The molecular weight excluding hydrogens is 290 g/mol. The second-order valence-corrected chi connectivity index (χ2v) is 5.68. The van der Waals surface area contributed by atoms with Gasteiger partial charge in [0.15, 0.2) is 0 Å². The molecule has 21 heavy (non-hydrogen) atoms. The SMILES string of the molecule is CC(C)N1NC=C2C(=O)ON(Cc3ccc(Cl)cc3)C=C21. The lowest BCUT2D eigenvalue weighted by Crippen LogP contribution is -2.38. The van der Waals surface area contributed by atoms with Crippen LogP contribution in [-0.4, -0.2) is 22.1 Å². The molecule has 0 bridgehead atoms. The smallest absolute Gasteiger partial charge is 0.335 e. The first-order valence-electron chi connectivity index (χ1n) is 6.76. The largest absolute Gasteiger partial charge is 0.366 e. The highest BCUT2D eigenvalue weighted by Gasteiger charge is 2.33. The average Bonchev–Trinajstić information content (AvgIpc) is 2.86. The maximum Gasteiger partial charge on any atom is 0.366 e. The van der Waals surface area contributed by atoms with Crippen molar-refractivity contribution in [2.75, 3.05) is 0 Å². The van der Waals surface area contributed by atoms with Crippen molar-refractivity contribution in [2.45, 2.75) is 26.4 Å². The third-order valence-corrected chi connectivity index (χ3v) is 3.59. The average molecular weight is 306 g/mol. The minimum atomic E-state index is -0.350. The van der Waals surface area contributed by atoms with Gasteiger partial charge in [0.05, 0.1) is 18.4 Å². The highest BCUT2D eigenvalue weighted by molar-refractivity contribution is 6.30. The van der Waals surface area contributed by atoms with E-state index in [4.69, 9.17) is 16.4 Å². The summed E-state index contributed by atoms with van der Waals surface area (Å²) in [5, 5.41) is 4.16. The Hall–Kier alpha value is -2.14. The number of carbonyl (C=O) groups is 1. The Kier molecular flexibility index (Phi) is 3.51. The van der Waals surface area contributed by atoms with Gasteiger partial charge in [-0.05, 0) is 31.5 Å². The first-order valence-corrected chi connectivity index (χ1v) is 7.13. The Morgan fingerprint density at radius 3 is 2.67 bits per heavy atom. The quantitative estimate of drug-likeness (QED) is 0.930. The predicted molar refractivity (Wildman–Crippen MR) is 79.4 cm³/mol. The standard InChI is InChI=1S/C15H16ClN3O2/c1-10(2)19-14-9-18(21-15(20)13(14)7-17-19)8-11-3-5-12(16)6-4-11/h3-7,9-10,17H,8H2,1-2H3. The van der Waals surface area contributed by atoms with Crippen LogP contribution >= 0.6 is 11.6 Å². The number of hydroxylamine groups is 2. The molecule has 2 aliphatic heterocycles. The summed E-state index contributed by atoms with van der Waals surface area (Å²) in [6, 6.07) is 7.69. The summed E-state index contributed by atoms with van der Waals surface area (Å²) in [5.41, 5.74) is 5.47. The van der Waals surface area contributed by atoms with Gasteiger partial charge in [0.2, 0.25) is 0 Å². The molecule has 1 aromatic rings. The molecule has 2 heterocycles. The topological polar surface area (TPSA) is 44.8 Å². The molecule has 1 aromatic carbocycles. The van der Waals surface area contributed by atoms with Crippen LogP contribution < -0.4 is 5.43 Å². The number of nitrogens with zero attached hydrogens (tertiary/aromatic N) is 2. The minimum Gasteiger partial charge on any atom is -0.335 e.